The predicted octanol–water partition coefficient (Wildman–Crippen LogP) is 3.17. The first-order chi connectivity index (χ1) is 15.0. The summed E-state index contributed by atoms with van der Waals surface area (Å²) < 4.78 is 6.03. The summed E-state index contributed by atoms with van der Waals surface area (Å²) >= 11 is 3.33. The van der Waals surface area contributed by atoms with Gasteiger partial charge in [0.2, 0.25) is 11.8 Å². The highest BCUT2D eigenvalue weighted by Gasteiger charge is 2.34. The maximum atomic E-state index is 13.1. The molecule has 2 saturated heterocycles. The maximum absolute atomic E-state index is 13.1. The van der Waals surface area contributed by atoms with Crippen LogP contribution in [-0.4, -0.2) is 58.7 Å². The number of piperidine rings is 2. The van der Waals surface area contributed by atoms with Crippen LogP contribution in [0.3, 0.4) is 0 Å². The lowest BCUT2D eigenvalue weighted by Crippen LogP contribution is -2.48. The zero-order chi connectivity index (χ0) is 21.8. The molecule has 1 N–H and O–H groups in total. The minimum absolute atomic E-state index is 0.0874. The van der Waals surface area contributed by atoms with Gasteiger partial charge in [-0.3, -0.25) is 14.4 Å². The topological polar surface area (TPSA) is 95.8 Å². The SMILES string of the molecule is O=C(Nc1ccc(Br)cn1)C1CCCN(C(=O)C2CCN(C(=O)c3ccco3)CC2)C1. The largest absolute Gasteiger partial charge is 0.459 e. The Labute approximate surface area is 189 Å². The number of furan rings is 1. The van der Waals surface area contributed by atoms with Crippen molar-refractivity contribution < 1.29 is 18.8 Å². The third kappa shape index (κ3) is 5.15. The summed E-state index contributed by atoms with van der Waals surface area (Å²) in [7, 11) is 0. The van der Waals surface area contributed by atoms with E-state index < -0.39 is 0 Å². The quantitative estimate of drug-likeness (QED) is 0.712. The van der Waals surface area contributed by atoms with Crippen LogP contribution in [0.1, 0.15) is 36.2 Å². The maximum Gasteiger partial charge on any atom is 0.289 e. The molecule has 4 rings (SSSR count). The van der Waals surface area contributed by atoms with Gasteiger partial charge in [0.25, 0.3) is 5.91 Å². The van der Waals surface area contributed by atoms with Crippen LogP contribution in [0.4, 0.5) is 5.82 Å². The van der Waals surface area contributed by atoms with Gasteiger partial charge in [-0.25, -0.2) is 4.98 Å². The molecular formula is C22H25BrN4O4. The lowest BCUT2D eigenvalue weighted by Gasteiger charge is -2.37. The number of halogens is 1. The van der Waals surface area contributed by atoms with Gasteiger partial charge in [0.15, 0.2) is 5.76 Å². The van der Waals surface area contributed by atoms with Crippen LogP contribution in [0.15, 0.2) is 45.6 Å². The highest BCUT2D eigenvalue weighted by Crippen LogP contribution is 2.25. The first kappa shape index (κ1) is 21.5. The number of nitrogens with one attached hydrogen (secondary N) is 1. The molecule has 2 aliphatic heterocycles. The van der Waals surface area contributed by atoms with E-state index in [1.807, 2.05) is 11.0 Å². The van der Waals surface area contributed by atoms with Crippen molar-refractivity contribution in [2.75, 3.05) is 31.5 Å². The van der Waals surface area contributed by atoms with Crippen molar-refractivity contribution in [3.8, 4) is 0 Å². The van der Waals surface area contributed by atoms with E-state index in [4.69, 9.17) is 4.42 Å². The second-order valence-electron chi connectivity index (χ2n) is 8.02. The number of anilines is 1. The zero-order valence-corrected chi connectivity index (χ0v) is 18.7. The minimum Gasteiger partial charge on any atom is -0.459 e. The molecule has 0 saturated carbocycles. The van der Waals surface area contributed by atoms with Gasteiger partial charge in [0.05, 0.1) is 12.2 Å². The number of likely N-dealkylation sites (tertiary alicyclic amines) is 2. The van der Waals surface area contributed by atoms with Gasteiger partial charge in [-0.2, -0.15) is 0 Å². The Morgan fingerprint density at radius 1 is 1.03 bits per heavy atom. The predicted molar refractivity (Wildman–Crippen MR) is 117 cm³/mol. The summed E-state index contributed by atoms with van der Waals surface area (Å²) in [5.74, 6) is 0.322. The molecule has 0 aliphatic carbocycles. The van der Waals surface area contributed by atoms with Crippen molar-refractivity contribution in [1.82, 2.24) is 14.8 Å². The van der Waals surface area contributed by atoms with Gasteiger partial charge in [0.1, 0.15) is 5.82 Å². The highest BCUT2D eigenvalue weighted by molar-refractivity contribution is 9.10. The highest BCUT2D eigenvalue weighted by atomic mass is 79.9. The normalized spacial score (nSPS) is 19.8. The average Bonchev–Trinajstić information content (AvgIpc) is 3.35. The number of amides is 3. The molecule has 9 heteroatoms. The summed E-state index contributed by atoms with van der Waals surface area (Å²) in [5, 5.41) is 2.85. The van der Waals surface area contributed by atoms with Crippen LogP contribution >= 0.6 is 15.9 Å². The third-order valence-electron chi connectivity index (χ3n) is 5.95. The molecule has 3 amide bonds. The Hall–Kier alpha value is -2.68. The number of aromatic nitrogens is 1. The number of hydrogen-bond donors (Lipinski definition) is 1. The standard InChI is InChI=1S/C22H25BrN4O4/c23-17-5-6-19(24-13-17)25-20(28)16-3-1-9-27(14-16)21(29)15-7-10-26(11-8-15)22(30)18-4-2-12-31-18/h2,4-6,12-13,15-16H,1,3,7-11,14H2,(H,24,25,28). The van der Waals surface area contributed by atoms with Crippen LogP contribution < -0.4 is 5.32 Å². The lowest BCUT2D eigenvalue weighted by molar-refractivity contribution is -0.139. The summed E-state index contributed by atoms with van der Waals surface area (Å²) in [5.41, 5.74) is 0. The molecule has 2 aromatic rings. The molecule has 1 atom stereocenters. The fourth-order valence-electron chi connectivity index (χ4n) is 4.21. The van der Waals surface area contributed by atoms with Gasteiger partial charge < -0.3 is 19.5 Å². The molecule has 0 bridgehead atoms. The number of rotatable bonds is 4. The smallest absolute Gasteiger partial charge is 0.289 e. The molecule has 0 aromatic carbocycles. The molecule has 4 heterocycles. The number of carbonyl (C=O) groups excluding carboxylic acids is 3. The first-order valence-corrected chi connectivity index (χ1v) is 11.3. The number of nitrogens with zero attached hydrogens (tertiary/aromatic N) is 3. The lowest BCUT2D eigenvalue weighted by atomic mass is 9.91. The van der Waals surface area contributed by atoms with Crippen LogP contribution in [0.25, 0.3) is 0 Å². The molecule has 31 heavy (non-hydrogen) atoms. The number of pyridine rings is 1. The van der Waals surface area contributed by atoms with Crippen molar-refractivity contribution in [3.05, 3.63) is 47.0 Å². The van der Waals surface area contributed by atoms with E-state index in [1.54, 1.807) is 29.3 Å². The summed E-state index contributed by atoms with van der Waals surface area (Å²) in [4.78, 5) is 45.9. The molecular weight excluding hydrogens is 464 g/mol. The second kappa shape index (κ2) is 9.64. The summed E-state index contributed by atoms with van der Waals surface area (Å²) in [6.45, 7) is 2.16. The van der Waals surface area contributed by atoms with Gasteiger partial charge in [-0.1, -0.05) is 0 Å². The molecule has 2 aliphatic rings. The Balaban J connectivity index is 1.29. The average molecular weight is 489 g/mol. The first-order valence-electron chi connectivity index (χ1n) is 10.6. The summed E-state index contributed by atoms with van der Waals surface area (Å²) in [6.07, 6.45) is 5.92. The number of carbonyl (C=O) groups is 3. The fourth-order valence-corrected chi connectivity index (χ4v) is 4.45. The van der Waals surface area contributed by atoms with Gasteiger partial charge in [-0.15, -0.1) is 0 Å². The molecule has 8 nitrogen and oxygen atoms in total. The third-order valence-corrected chi connectivity index (χ3v) is 6.41. The molecule has 2 aromatic heterocycles. The Kier molecular flexibility index (Phi) is 6.70. The van der Waals surface area contributed by atoms with Crippen LogP contribution in [0, 0.1) is 11.8 Å². The number of hydrogen-bond acceptors (Lipinski definition) is 5. The van der Waals surface area contributed by atoms with Crippen LogP contribution in [0.5, 0.6) is 0 Å². The van der Waals surface area contributed by atoms with E-state index in [-0.39, 0.29) is 29.6 Å². The van der Waals surface area contributed by atoms with Crippen molar-refractivity contribution in [1.29, 1.82) is 0 Å². The van der Waals surface area contributed by atoms with Gasteiger partial charge in [-0.05, 0) is 65.9 Å². The van der Waals surface area contributed by atoms with E-state index >= 15 is 0 Å². The van der Waals surface area contributed by atoms with Gasteiger partial charge in [0, 0.05) is 42.8 Å². The van der Waals surface area contributed by atoms with E-state index in [0.717, 1.165) is 17.3 Å². The van der Waals surface area contributed by atoms with E-state index in [2.05, 4.69) is 26.2 Å². The molecule has 0 radical (unpaired) electrons. The molecule has 164 valence electrons. The fraction of sp³-hybridized carbons (Fsp3) is 0.455. The molecule has 2 fully saturated rings. The monoisotopic (exact) mass is 488 g/mol. The van der Waals surface area contributed by atoms with Crippen molar-refractivity contribution >= 4 is 39.5 Å². The van der Waals surface area contributed by atoms with E-state index in [0.29, 0.717) is 50.6 Å². The van der Waals surface area contributed by atoms with E-state index in [9.17, 15) is 14.4 Å². The Morgan fingerprint density at radius 3 is 2.52 bits per heavy atom. The van der Waals surface area contributed by atoms with Crippen molar-refractivity contribution in [3.63, 3.8) is 0 Å². The zero-order valence-electron chi connectivity index (χ0n) is 17.1. The summed E-state index contributed by atoms with van der Waals surface area (Å²) in [6, 6.07) is 6.91. The Morgan fingerprint density at radius 2 is 1.84 bits per heavy atom. The Bertz CT molecular complexity index is 923. The molecule has 0 spiro atoms. The van der Waals surface area contributed by atoms with Crippen LogP contribution in [-0.2, 0) is 9.59 Å². The van der Waals surface area contributed by atoms with E-state index in [1.165, 1.54) is 6.26 Å². The van der Waals surface area contributed by atoms with Crippen molar-refractivity contribution in [2.24, 2.45) is 11.8 Å². The second-order valence-corrected chi connectivity index (χ2v) is 8.93. The van der Waals surface area contributed by atoms with Gasteiger partial charge >= 0.3 is 0 Å². The molecule has 1 unspecified atom stereocenters. The minimum atomic E-state index is -0.247. The van der Waals surface area contributed by atoms with Crippen molar-refractivity contribution in [2.45, 2.75) is 25.7 Å². The van der Waals surface area contributed by atoms with Crippen LogP contribution in [0.2, 0.25) is 0 Å².